The second-order valence-corrected chi connectivity index (χ2v) is 8.13. The van der Waals surface area contributed by atoms with Crippen LogP contribution in [0.2, 0.25) is 5.02 Å². The van der Waals surface area contributed by atoms with Gasteiger partial charge in [-0.15, -0.1) is 11.3 Å². The average molecular weight is 455 g/mol. The minimum Gasteiger partial charge on any atom is -0.493 e. The molecule has 4 aromatic rings. The van der Waals surface area contributed by atoms with Gasteiger partial charge in [0.1, 0.15) is 5.58 Å². The van der Waals surface area contributed by atoms with Crippen LogP contribution in [0.5, 0.6) is 11.5 Å². The molecule has 0 radical (unpaired) electrons. The van der Waals surface area contributed by atoms with Gasteiger partial charge in [0, 0.05) is 16.6 Å². The molecule has 5 rings (SSSR count). The van der Waals surface area contributed by atoms with Crippen molar-refractivity contribution in [3.8, 4) is 11.5 Å². The molecule has 1 aliphatic heterocycles. The number of carbonyl (C=O) groups excluding carboxylic acids is 1. The smallest absolute Gasteiger partial charge is 0.297 e. The third kappa shape index (κ3) is 2.98. The highest BCUT2D eigenvalue weighted by Crippen LogP contribution is 2.43. The largest absolute Gasteiger partial charge is 0.493 e. The summed E-state index contributed by atoms with van der Waals surface area (Å²) in [5, 5.41) is 2.94. The van der Waals surface area contributed by atoms with Gasteiger partial charge in [0.2, 0.25) is 5.76 Å². The Morgan fingerprint density at radius 2 is 1.90 bits per heavy atom. The van der Waals surface area contributed by atoms with Crippen molar-refractivity contribution < 1.29 is 18.7 Å². The van der Waals surface area contributed by atoms with E-state index in [1.807, 2.05) is 0 Å². The van der Waals surface area contributed by atoms with Crippen molar-refractivity contribution in [2.24, 2.45) is 0 Å². The Bertz CT molecular complexity index is 1380. The summed E-state index contributed by atoms with van der Waals surface area (Å²) in [6.07, 6.45) is 1.60. The molecule has 7 nitrogen and oxygen atoms in total. The first-order valence-electron chi connectivity index (χ1n) is 9.24. The maximum absolute atomic E-state index is 13.5. The average Bonchev–Trinajstić information content (AvgIpc) is 3.40. The van der Waals surface area contributed by atoms with Gasteiger partial charge in [-0.05, 0) is 35.9 Å². The highest BCUT2D eigenvalue weighted by Gasteiger charge is 2.45. The van der Waals surface area contributed by atoms with Gasteiger partial charge in [-0.2, -0.15) is 0 Å². The van der Waals surface area contributed by atoms with Crippen LogP contribution in [0.4, 0.5) is 5.13 Å². The van der Waals surface area contributed by atoms with Crippen LogP contribution in [0.3, 0.4) is 0 Å². The van der Waals surface area contributed by atoms with Gasteiger partial charge < -0.3 is 13.9 Å². The summed E-state index contributed by atoms with van der Waals surface area (Å²) in [5.74, 6) is 0.579. The van der Waals surface area contributed by atoms with Gasteiger partial charge in [0.15, 0.2) is 22.1 Å². The van der Waals surface area contributed by atoms with E-state index in [0.29, 0.717) is 38.2 Å². The van der Waals surface area contributed by atoms with Crippen LogP contribution in [0.25, 0.3) is 11.0 Å². The summed E-state index contributed by atoms with van der Waals surface area (Å²) in [6, 6.07) is 9.27. The maximum atomic E-state index is 13.5. The van der Waals surface area contributed by atoms with Crippen LogP contribution in [0.15, 0.2) is 57.2 Å². The molecule has 156 valence electrons. The predicted molar refractivity (Wildman–Crippen MR) is 118 cm³/mol. The molecular weight excluding hydrogens is 440 g/mol. The number of ether oxygens (including phenoxy) is 2. The van der Waals surface area contributed by atoms with Crippen molar-refractivity contribution in [2.75, 3.05) is 19.1 Å². The second-order valence-electron chi connectivity index (χ2n) is 6.82. The third-order valence-electron chi connectivity index (χ3n) is 5.18. The molecule has 0 bridgehead atoms. The summed E-state index contributed by atoms with van der Waals surface area (Å²) in [7, 11) is 3.07. The highest BCUT2D eigenvalue weighted by atomic mass is 35.5. The lowest BCUT2D eigenvalue weighted by atomic mass is 9.98. The van der Waals surface area contributed by atoms with Gasteiger partial charge in [-0.25, -0.2) is 4.98 Å². The van der Waals surface area contributed by atoms with Gasteiger partial charge in [-0.1, -0.05) is 17.7 Å². The molecule has 1 aliphatic rings. The minimum absolute atomic E-state index is 0.00481. The highest BCUT2D eigenvalue weighted by molar-refractivity contribution is 7.13. The number of fused-ring (bicyclic) bond motifs is 2. The number of nitrogens with zero attached hydrogens (tertiary/aromatic N) is 2. The van der Waals surface area contributed by atoms with Crippen LogP contribution in [0, 0.1) is 0 Å². The Morgan fingerprint density at radius 1 is 1.10 bits per heavy atom. The molecule has 1 atom stereocenters. The number of carbonyl (C=O) groups is 1. The molecule has 3 heterocycles. The lowest BCUT2D eigenvalue weighted by molar-refractivity contribution is 0.0971. The Hall–Kier alpha value is -3.36. The summed E-state index contributed by atoms with van der Waals surface area (Å²) in [6.45, 7) is 0. The first-order chi connectivity index (χ1) is 15.0. The topological polar surface area (TPSA) is 81.9 Å². The Labute approximate surface area is 185 Å². The molecule has 9 heteroatoms. The minimum atomic E-state index is -0.743. The van der Waals surface area contributed by atoms with Crippen LogP contribution in [-0.4, -0.2) is 25.1 Å². The van der Waals surface area contributed by atoms with Gasteiger partial charge >= 0.3 is 0 Å². The normalized spacial score (nSPS) is 15.4. The number of anilines is 1. The van der Waals surface area contributed by atoms with E-state index in [1.54, 1.807) is 48.0 Å². The van der Waals surface area contributed by atoms with Gasteiger partial charge in [0.05, 0.1) is 31.2 Å². The second kappa shape index (κ2) is 7.40. The van der Waals surface area contributed by atoms with E-state index in [4.69, 9.17) is 25.5 Å². The Morgan fingerprint density at radius 3 is 2.61 bits per heavy atom. The zero-order valence-electron chi connectivity index (χ0n) is 16.4. The van der Waals surface area contributed by atoms with Crippen LogP contribution in [0.1, 0.15) is 27.7 Å². The molecule has 0 unspecified atom stereocenters. The van der Waals surface area contributed by atoms with E-state index < -0.39 is 11.9 Å². The number of methoxy groups -OCH3 is 2. The SMILES string of the molecule is COc1ccc([C@H]2c3c(oc4ccc(Cl)cc4c3=O)C(=O)N2c2nccs2)cc1OC. The van der Waals surface area contributed by atoms with Crippen molar-refractivity contribution in [2.45, 2.75) is 6.04 Å². The number of aromatic nitrogens is 1. The first kappa shape index (κ1) is 19.6. The zero-order chi connectivity index (χ0) is 21.7. The molecule has 0 fully saturated rings. The van der Waals surface area contributed by atoms with E-state index in [0.717, 1.165) is 0 Å². The summed E-state index contributed by atoms with van der Waals surface area (Å²) < 4.78 is 16.7. The van der Waals surface area contributed by atoms with Crippen LogP contribution >= 0.6 is 22.9 Å². The summed E-state index contributed by atoms with van der Waals surface area (Å²) in [4.78, 5) is 32.7. The summed E-state index contributed by atoms with van der Waals surface area (Å²) in [5.41, 5.74) is 0.885. The van der Waals surface area contributed by atoms with Crippen LogP contribution in [-0.2, 0) is 0 Å². The van der Waals surface area contributed by atoms with Gasteiger partial charge in [0.25, 0.3) is 5.91 Å². The lowest BCUT2D eigenvalue weighted by Gasteiger charge is -2.23. The monoisotopic (exact) mass is 454 g/mol. The summed E-state index contributed by atoms with van der Waals surface area (Å²) >= 11 is 7.41. The number of benzene rings is 2. The molecule has 0 N–H and O–H groups in total. The molecule has 31 heavy (non-hydrogen) atoms. The number of rotatable bonds is 4. The number of hydrogen-bond acceptors (Lipinski definition) is 7. The van der Waals surface area contributed by atoms with E-state index in [2.05, 4.69) is 4.98 Å². The molecule has 1 amide bonds. The van der Waals surface area contributed by atoms with E-state index in [-0.39, 0.29) is 16.8 Å². The fraction of sp³-hybridized carbons (Fsp3) is 0.136. The quantitative estimate of drug-likeness (QED) is 0.445. The Kier molecular flexibility index (Phi) is 4.68. The fourth-order valence-electron chi connectivity index (χ4n) is 3.82. The zero-order valence-corrected chi connectivity index (χ0v) is 18.0. The molecule has 0 spiro atoms. The van der Waals surface area contributed by atoms with Crippen molar-refractivity contribution in [3.05, 3.63) is 80.1 Å². The molecule has 0 saturated carbocycles. The van der Waals surface area contributed by atoms with Gasteiger partial charge in [-0.3, -0.25) is 14.5 Å². The number of halogens is 1. The third-order valence-corrected chi connectivity index (χ3v) is 6.19. The van der Waals surface area contributed by atoms with Crippen molar-refractivity contribution in [1.82, 2.24) is 4.98 Å². The number of thiazole rings is 1. The van der Waals surface area contributed by atoms with E-state index in [1.165, 1.54) is 30.5 Å². The van der Waals surface area contributed by atoms with Crippen molar-refractivity contribution >= 4 is 44.9 Å². The first-order valence-corrected chi connectivity index (χ1v) is 10.5. The van der Waals surface area contributed by atoms with Crippen molar-refractivity contribution in [1.29, 1.82) is 0 Å². The standard InChI is InChI=1S/C22H15ClN2O5S/c1-28-15-5-3-11(9-16(15)29-2)18-17-19(26)13-10-12(23)4-6-14(13)30-20(17)21(27)25(18)22-24-7-8-31-22/h3-10,18H,1-2H3/t18-/m0/s1. The molecule has 2 aromatic carbocycles. The van der Waals surface area contributed by atoms with E-state index in [9.17, 15) is 9.59 Å². The fourth-order valence-corrected chi connectivity index (χ4v) is 4.65. The molecule has 0 saturated heterocycles. The lowest BCUT2D eigenvalue weighted by Crippen LogP contribution is -2.29. The molecular formula is C22H15ClN2O5S. The molecule has 2 aromatic heterocycles. The Balaban J connectivity index is 1.81. The number of hydrogen-bond donors (Lipinski definition) is 0. The van der Waals surface area contributed by atoms with Crippen molar-refractivity contribution in [3.63, 3.8) is 0 Å². The van der Waals surface area contributed by atoms with E-state index >= 15 is 0 Å². The predicted octanol–water partition coefficient (Wildman–Crippen LogP) is 4.67. The maximum Gasteiger partial charge on any atom is 0.297 e. The number of amides is 1. The van der Waals surface area contributed by atoms with Crippen LogP contribution < -0.4 is 19.8 Å². The molecule has 0 aliphatic carbocycles.